The van der Waals surface area contributed by atoms with Gasteiger partial charge in [-0.2, -0.15) is 0 Å². The van der Waals surface area contributed by atoms with E-state index in [0.717, 1.165) is 18.7 Å². The first-order valence-electron chi connectivity index (χ1n) is 5.92. The first-order valence-corrected chi connectivity index (χ1v) is 6.80. The summed E-state index contributed by atoms with van der Waals surface area (Å²) in [5.41, 5.74) is 2.40. The van der Waals surface area contributed by atoms with Gasteiger partial charge < -0.3 is 5.32 Å². The molecule has 0 fully saturated rings. The maximum atomic E-state index is 4.39. The first kappa shape index (κ1) is 12.3. The summed E-state index contributed by atoms with van der Waals surface area (Å²) in [5, 5.41) is 5.65. The molecule has 0 aliphatic heterocycles. The topological polar surface area (TPSA) is 24.9 Å². The third kappa shape index (κ3) is 3.65. The second-order valence-corrected chi connectivity index (χ2v) is 5.36. The molecule has 0 saturated carbocycles. The highest BCUT2D eigenvalue weighted by Gasteiger charge is 2.05. The average Bonchev–Trinajstić information content (AvgIpc) is 2.81. The van der Waals surface area contributed by atoms with Crippen LogP contribution in [0.15, 0.2) is 35.8 Å². The molecular formula is C14H18N2S. The van der Waals surface area contributed by atoms with Gasteiger partial charge in [0.15, 0.2) is 0 Å². The molecule has 2 nitrogen and oxygen atoms in total. The summed E-state index contributed by atoms with van der Waals surface area (Å²) in [6.07, 6.45) is 2.94. The number of aromatic nitrogens is 1. The number of thiophene rings is 1. The molecule has 2 aromatic heterocycles. The van der Waals surface area contributed by atoms with E-state index in [-0.39, 0.29) is 0 Å². The smallest absolute Gasteiger partial charge is 0.0570 e. The van der Waals surface area contributed by atoms with Crippen molar-refractivity contribution in [3.8, 4) is 0 Å². The standard InChI is InChI=1S/C14H18N2S/c1-11-5-3-7-15-14(11)10-16-12(2)9-13-6-4-8-17-13/h3-8,12,16H,9-10H2,1-2H3. The van der Waals surface area contributed by atoms with Crippen LogP contribution in [0.3, 0.4) is 0 Å². The van der Waals surface area contributed by atoms with E-state index in [1.54, 1.807) is 0 Å². The lowest BCUT2D eigenvalue weighted by molar-refractivity contribution is 0.542. The molecule has 2 rings (SSSR count). The van der Waals surface area contributed by atoms with Crippen molar-refractivity contribution in [1.29, 1.82) is 0 Å². The number of nitrogens with one attached hydrogen (secondary N) is 1. The molecule has 0 aliphatic carbocycles. The van der Waals surface area contributed by atoms with Gasteiger partial charge in [-0.25, -0.2) is 0 Å². The van der Waals surface area contributed by atoms with Crippen LogP contribution in [-0.2, 0) is 13.0 Å². The maximum absolute atomic E-state index is 4.39. The molecule has 0 aromatic carbocycles. The van der Waals surface area contributed by atoms with Crippen LogP contribution in [0, 0.1) is 6.92 Å². The molecule has 90 valence electrons. The molecule has 17 heavy (non-hydrogen) atoms. The number of nitrogens with zero attached hydrogens (tertiary/aromatic N) is 1. The van der Waals surface area contributed by atoms with Gasteiger partial charge in [0.05, 0.1) is 5.69 Å². The Morgan fingerprint density at radius 2 is 2.24 bits per heavy atom. The largest absolute Gasteiger partial charge is 0.308 e. The fourth-order valence-electron chi connectivity index (χ4n) is 1.78. The van der Waals surface area contributed by atoms with Crippen molar-refractivity contribution in [2.45, 2.75) is 32.9 Å². The quantitative estimate of drug-likeness (QED) is 0.876. The zero-order valence-electron chi connectivity index (χ0n) is 10.3. The number of rotatable bonds is 5. The Morgan fingerprint density at radius 1 is 1.35 bits per heavy atom. The second-order valence-electron chi connectivity index (χ2n) is 4.33. The molecule has 0 aliphatic rings. The molecule has 0 spiro atoms. The normalized spacial score (nSPS) is 12.6. The molecule has 1 atom stereocenters. The van der Waals surface area contributed by atoms with E-state index in [4.69, 9.17) is 0 Å². The van der Waals surface area contributed by atoms with Crippen LogP contribution >= 0.6 is 11.3 Å². The summed E-state index contributed by atoms with van der Waals surface area (Å²) in [6, 6.07) is 8.86. The van der Waals surface area contributed by atoms with Crippen molar-refractivity contribution >= 4 is 11.3 Å². The zero-order valence-corrected chi connectivity index (χ0v) is 11.1. The summed E-state index contributed by atoms with van der Waals surface area (Å²) in [5.74, 6) is 0. The molecule has 1 N–H and O–H groups in total. The van der Waals surface area contributed by atoms with E-state index >= 15 is 0 Å². The highest BCUT2D eigenvalue weighted by molar-refractivity contribution is 7.09. The maximum Gasteiger partial charge on any atom is 0.0570 e. The molecule has 1 unspecified atom stereocenters. The van der Waals surface area contributed by atoms with Crippen LogP contribution in [0.4, 0.5) is 0 Å². The lowest BCUT2D eigenvalue weighted by Gasteiger charge is -2.13. The highest BCUT2D eigenvalue weighted by atomic mass is 32.1. The number of hydrogen-bond donors (Lipinski definition) is 1. The van der Waals surface area contributed by atoms with E-state index < -0.39 is 0 Å². The Hall–Kier alpha value is -1.19. The Bertz CT molecular complexity index is 451. The van der Waals surface area contributed by atoms with E-state index in [1.165, 1.54) is 10.4 Å². The van der Waals surface area contributed by atoms with E-state index in [0.29, 0.717) is 6.04 Å². The second kappa shape index (κ2) is 5.94. The van der Waals surface area contributed by atoms with Gasteiger partial charge in [0.2, 0.25) is 0 Å². The number of pyridine rings is 1. The summed E-state index contributed by atoms with van der Waals surface area (Å²) in [7, 11) is 0. The first-order chi connectivity index (χ1) is 8.25. The van der Waals surface area contributed by atoms with Crippen molar-refractivity contribution < 1.29 is 0 Å². The Kier molecular flexibility index (Phi) is 4.29. The molecule has 0 radical (unpaired) electrons. The van der Waals surface area contributed by atoms with Crippen molar-refractivity contribution in [3.05, 3.63) is 52.0 Å². The molecule has 3 heteroatoms. The van der Waals surface area contributed by atoms with Crippen molar-refractivity contribution in [2.75, 3.05) is 0 Å². The van der Waals surface area contributed by atoms with Gasteiger partial charge in [-0.3, -0.25) is 4.98 Å². The van der Waals surface area contributed by atoms with E-state index in [2.05, 4.69) is 47.7 Å². The van der Waals surface area contributed by atoms with Crippen LogP contribution in [0.5, 0.6) is 0 Å². The molecule has 2 aromatic rings. The number of aryl methyl sites for hydroxylation is 1. The fraction of sp³-hybridized carbons (Fsp3) is 0.357. The minimum absolute atomic E-state index is 0.482. The van der Waals surface area contributed by atoms with Gasteiger partial charge >= 0.3 is 0 Å². The lowest BCUT2D eigenvalue weighted by Crippen LogP contribution is -2.27. The summed E-state index contributed by atoms with van der Waals surface area (Å²) >= 11 is 1.82. The highest BCUT2D eigenvalue weighted by Crippen LogP contribution is 2.11. The van der Waals surface area contributed by atoms with Gasteiger partial charge in [-0.05, 0) is 43.3 Å². The predicted octanol–water partition coefficient (Wildman–Crippen LogP) is 3.17. The third-order valence-electron chi connectivity index (χ3n) is 2.82. The molecule has 0 amide bonds. The average molecular weight is 246 g/mol. The van der Waals surface area contributed by atoms with Crippen molar-refractivity contribution in [3.63, 3.8) is 0 Å². The van der Waals surface area contributed by atoms with Crippen LogP contribution in [-0.4, -0.2) is 11.0 Å². The Balaban J connectivity index is 1.84. The van der Waals surface area contributed by atoms with Crippen LogP contribution in [0.2, 0.25) is 0 Å². The van der Waals surface area contributed by atoms with Gasteiger partial charge in [-0.1, -0.05) is 12.1 Å². The predicted molar refractivity (Wildman–Crippen MR) is 73.3 cm³/mol. The Labute approximate surface area is 107 Å². The molecule has 0 bridgehead atoms. The van der Waals surface area contributed by atoms with Gasteiger partial charge in [-0.15, -0.1) is 11.3 Å². The van der Waals surface area contributed by atoms with E-state index in [1.807, 2.05) is 23.6 Å². The van der Waals surface area contributed by atoms with Gasteiger partial charge in [0.1, 0.15) is 0 Å². The molecule has 0 saturated heterocycles. The van der Waals surface area contributed by atoms with E-state index in [9.17, 15) is 0 Å². The number of hydrogen-bond acceptors (Lipinski definition) is 3. The third-order valence-corrected chi connectivity index (χ3v) is 3.72. The monoisotopic (exact) mass is 246 g/mol. The fourth-order valence-corrected chi connectivity index (χ4v) is 2.61. The minimum Gasteiger partial charge on any atom is -0.308 e. The zero-order chi connectivity index (χ0) is 12.1. The summed E-state index contributed by atoms with van der Waals surface area (Å²) in [6.45, 7) is 5.17. The van der Waals surface area contributed by atoms with Crippen LogP contribution in [0.25, 0.3) is 0 Å². The minimum atomic E-state index is 0.482. The van der Waals surface area contributed by atoms with Crippen molar-refractivity contribution in [2.24, 2.45) is 0 Å². The van der Waals surface area contributed by atoms with Crippen LogP contribution in [0.1, 0.15) is 23.1 Å². The van der Waals surface area contributed by atoms with Crippen molar-refractivity contribution in [1.82, 2.24) is 10.3 Å². The SMILES string of the molecule is Cc1cccnc1CNC(C)Cc1cccs1. The molecular weight excluding hydrogens is 228 g/mol. The van der Waals surface area contributed by atoms with Gasteiger partial charge in [0, 0.05) is 23.7 Å². The summed E-state index contributed by atoms with van der Waals surface area (Å²) < 4.78 is 0. The summed E-state index contributed by atoms with van der Waals surface area (Å²) in [4.78, 5) is 5.82. The molecule has 2 heterocycles. The van der Waals surface area contributed by atoms with Gasteiger partial charge in [0.25, 0.3) is 0 Å². The lowest BCUT2D eigenvalue weighted by atomic mass is 10.2. The van der Waals surface area contributed by atoms with Crippen LogP contribution < -0.4 is 5.32 Å². The Morgan fingerprint density at radius 3 is 2.94 bits per heavy atom.